The number of carbonyl (C=O) groups is 1. The minimum Gasteiger partial charge on any atom is -0.481 e. The van der Waals surface area contributed by atoms with E-state index in [0.717, 1.165) is 11.3 Å². The molecular weight excluding hydrogens is 314 g/mol. The minimum atomic E-state index is -3.54. The van der Waals surface area contributed by atoms with Gasteiger partial charge in [-0.2, -0.15) is 0 Å². The number of aryl methyl sites for hydroxylation is 1. The Bertz CT molecular complexity index is 713. The van der Waals surface area contributed by atoms with Crippen LogP contribution < -0.4 is 4.72 Å². The summed E-state index contributed by atoms with van der Waals surface area (Å²) < 4.78 is 26.2. The molecule has 2 aromatic heterocycles. The van der Waals surface area contributed by atoms with Gasteiger partial charge in [-0.1, -0.05) is 6.07 Å². The van der Waals surface area contributed by atoms with Crippen molar-refractivity contribution in [1.29, 1.82) is 0 Å². The lowest BCUT2D eigenvalue weighted by molar-refractivity contribution is -0.136. The summed E-state index contributed by atoms with van der Waals surface area (Å²) in [5.41, 5.74) is 1.02. The van der Waals surface area contributed by atoms with Crippen LogP contribution >= 0.6 is 11.3 Å². The van der Waals surface area contributed by atoms with E-state index in [0.29, 0.717) is 17.8 Å². The highest BCUT2D eigenvalue weighted by Crippen LogP contribution is 2.17. The Labute approximate surface area is 125 Å². The van der Waals surface area contributed by atoms with Gasteiger partial charge in [-0.05, 0) is 12.1 Å². The Kier molecular flexibility index (Phi) is 4.86. The molecule has 2 aromatic rings. The molecule has 9 heteroatoms. The van der Waals surface area contributed by atoms with E-state index in [4.69, 9.17) is 5.11 Å². The number of anilines is 1. The molecule has 0 bridgehead atoms. The summed E-state index contributed by atoms with van der Waals surface area (Å²) in [5.74, 6) is -1.12. The van der Waals surface area contributed by atoms with Crippen molar-refractivity contribution in [2.75, 3.05) is 10.5 Å². The Morgan fingerprint density at radius 2 is 2.14 bits per heavy atom. The third kappa shape index (κ3) is 5.12. The molecule has 0 spiro atoms. The quantitative estimate of drug-likeness (QED) is 0.789. The third-order valence-electron chi connectivity index (χ3n) is 2.48. The van der Waals surface area contributed by atoms with Crippen LogP contribution in [0.4, 0.5) is 5.13 Å². The molecule has 2 N–H and O–H groups in total. The lowest BCUT2D eigenvalue weighted by atomic mass is 10.3. The first-order chi connectivity index (χ1) is 9.94. The first-order valence-corrected chi connectivity index (χ1v) is 8.54. The van der Waals surface area contributed by atoms with E-state index in [9.17, 15) is 13.2 Å². The van der Waals surface area contributed by atoms with Crippen LogP contribution in [0, 0.1) is 0 Å². The molecule has 21 heavy (non-hydrogen) atoms. The number of rotatable bonds is 7. The fraction of sp³-hybridized carbons (Fsp3) is 0.250. The molecule has 0 aromatic carbocycles. The first-order valence-electron chi connectivity index (χ1n) is 6.01. The summed E-state index contributed by atoms with van der Waals surface area (Å²) in [6.07, 6.45) is 1.67. The van der Waals surface area contributed by atoms with Crippen LogP contribution in [-0.2, 0) is 27.7 Å². The summed E-state index contributed by atoms with van der Waals surface area (Å²) >= 11 is 1.06. The number of hydrogen-bond acceptors (Lipinski definition) is 6. The van der Waals surface area contributed by atoms with Crippen molar-refractivity contribution in [2.24, 2.45) is 0 Å². The molecule has 0 aliphatic heterocycles. The lowest BCUT2D eigenvalue weighted by Gasteiger charge is -2.04. The molecule has 2 rings (SSSR count). The zero-order chi connectivity index (χ0) is 15.3. The second kappa shape index (κ2) is 6.64. The van der Waals surface area contributed by atoms with Crippen molar-refractivity contribution in [3.05, 3.63) is 41.2 Å². The van der Waals surface area contributed by atoms with Crippen LogP contribution in [0.2, 0.25) is 0 Å². The van der Waals surface area contributed by atoms with Gasteiger partial charge in [-0.15, -0.1) is 11.3 Å². The van der Waals surface area contributed by atoms with Crippen molar-refractivity contribution in [2.45, 2.75) is 12.8 Å². The monoisotopic (exact) mass is 327 g/mol. The fourth-order valence-electron chi connectivity index (χ4n) is 1.56. The van der Waals surface area contributed by atoms with Gasteiger partial charge in [-0.25, -0.2) is 13.4 Å². The summed E-state index contributed by atoms with van der Waals surface area (Å²) in [4.78, 5) is 18.5. The van der Waals surface area contributed by atoms with Gasteiger partial charge in [-0.3, -0.25) is 14.5 Å². The molecule has 0 saturated carbocycles. The smallest absolute Gasteiger partial charge is 0.309 e. The zero-order valence-corrected chi connectivity index (χ0v) is 12.5. The second-order valence-corrected chi connectivity index (χ2v) is 6.91. The predicted molar refractivity (Wildman–Crippen MR) is 78.8 cm³/mol. The number of nitrogens with one attached hydrogen (secondary N) is 1. The van der Waals surface area contributed by atoms with Crippen LogP contribution in [0.15, 0.2) is 29.8 Å². The molecule has 2 heterocycles. The molecule has 0 fully saturated rings. The van der Waals surface area contributed by atoms with Gasteiger partial charge in [0.15, 0.2) is 5.13 Å². The number of pyridine rings is 1. The molecule has 112 valence electrons. The van der Waals surface area contributed by atoms with Gasteiger partial charge in [0, 0.05) is 23.7 Å². The number of nitrogens with zero attached hydrogens (tertiary/aromatic N) is 2. The summed E-state index contributed by atoms with van der Waals surface area (Å²) in [6, 6.07) is 5.31. The highest BCUT2D eigenvalue weighted by Gasteiger charge is 2.14. The van der Waals surface area contributed by atoms with Crippen molar-refractivity contribution in [3.63, 3.8) is 0 Å². The van der Waals surface area contributed by atoms with Gasteiger partial charge >= 0.3 is 5.97 Å². The highest BCUT2D eigenvalue weighted by atomic mass is 32.2. The predicted octanol–water partition coefficient (Wildman–Crippen LogP) is 1.15. The Balaban J connectivity index is 1.94. The number of aliphatic carboxylic acids is 1. The number of sulfonamides is 1. The topological polar surface area (TPSA) is 109 Å². The van der Waals surface area contributed by atoms with E-state index in [1.165, 1.54) is 5.38 Å². The highest BCUT2D eigenvalue weighted by molar-refractivity contribution is 7.92. The summed E-state index contributed by atoms with van der Waals surface area (Å²) in [5, 5.41) is 10.3. The van der Waals surface area contributed by atoms with Gasteiger partial charge in [0.2, 0.25) is 10.0 Å². The number of carboxylic acid groups (broad SMARTS) is 1. The maximum atomic E-state index is 11.9. The van der Waals surface area contributed by atoms with Gasteiger partial charge in [0.25, 0.3) is 0 Å². The normalized spacial score (nSPS) is 11.2. The maximum Gasteiger partial charge on any atom is 0.309 e. The van der Waals surface area contributed by atoms with Crippen LogP contribution in [0.25, 0.3) is 0 Å². The molecule has 0 aliphatic rings. The first kappa shape index (κ1) is 15.4. The van der Waals surface area contributed by atoms with Gasteiger partial charge in [0.1, 0.15) is 0 Å². The SMILES string of the molecule is O=C(O)Cc1csc(NS(=O)(=O)CCc2ccccn2)n1. The van der Waals surface area contributed by atoms with Crippen molar-refractivity contribution < 1.29 is 18.3 Å². The molecule has 0 saturated heterocycles. The number of thiazole rings is 1. The van der Waals surface area contributed by atoms with Crippen LogP contribution in [0.1, 0.15) is 11.4 Å². The van der Waals surface area contributed by atoms with Crippen LogP contribution in [0.5, 0.6) is 0 Å². The Hall–Kier alpha value is -2.00. The third-order valence-corrected chi connectivity index (χ3v) is 4.66. The standard InChI is InChI=1S/C12H13N3O4S2/c16-11(17)7-10-8-20-12(14-10)15-21(18,19)6-4-9-3-1-2-5-13-9/h1-3,5,8H,4,6-7H2,(H,14,15)(H,16,17). The fourth-order valence-corrected chi connectivity index (χ4v) is 3.58. The Morgan fingerprint density at radius 3 is 2.81 bits per heavy atom. The van der Waals surface area contributed by atoms with Crippen molar-refractivity contribution in [1.82, 2.24) is 9.97 Å². The van der Waals surface area contributed by atoms with E-state index in [1.807, 2.05) is 0 Å². The van der Waals surface area contributed by atoms with Crippen LogP contribution in [-0.4, -0.2) is 35.2 Å². The van der Waals surface area contributed by atoms with E-state index >= 15 is 0 Å². The zero-order valence-electron chi connectivity index (χ0n) is 10.9. The molecule has 0 atom stereocenters. The average molecular weight is 327 g/mol. The summed E-state index contributed by atoms with van der Waals surface area (Å²) in [6.45, 7) is 0. The molecular formula is C12H13N3O4S2. The Morgan fingerprint density at radius 1 is 1.33 bits per heavy atom. The molecule has 0 amide bonds. The number of carboxylic acids is 1. The molecule has 0 unspecified atom stereocenters. The molecule has 7 nitrogen and oxygen atoms in total. The van der Waals surface area contributed by atoms with Gasteiger partial charge < -0.3 is 5.11 Å². The van der Waals surface area contributed by atoms with E-state index < -0.39 is 16.0 Å². The average Bonchev–Trinajstić information content (AvgIpc) is 2.83. The van der Waals surface area contributed by atoms with E-state index in [1.54, 1.807) is 24.4 Å². The van der Waals surface area contributed by atoms with Gasteiger partial charge in [0.05, 0.1) is 17.9 Å². The molecule has 0 radical (unpaired) electrons. The van der Waals surface area contributed by atoms with Crippen molar-refractivity contribution in [3.8, 4) is 0 Å². The number of hydrogen-bond donors (Lipinski definition) is 2. The molecule has 0 aliphatic carbocycles. The summed E-state index contributed by atoms with van der Waals surface area (Å²) in [7, 11) is -3.54. The minimum absolute atomic E-state index is 0.113. The van der Waals surface area contributed by atoms with Crippen LogP contribution in [0.3, 0.4) is 0 Å². The largest absolute Gasteiger partial charge is 0.481 e. The lowest BCUT2D eigenvalue weighted by Crippen LogP contribution is -2.18. The number of aromatic nitrogens is 2. The van der Waals surface area contributed by atoms with E-state index in [2.05, 4.69) is 14.7 Å². The maximum absolute atomic E-state index is 11.9. The van der Waals surface area contributed by atoms with Crippen molar-refractivity contribution >= 4 is 32.5 Å². The second-order valence-electron chi connectivity index (χ2n) is 4.21. The van der Waals surface area contributed by atoms with E-state index in [-0.39, 0.29) is 17.3 Å².